The Morgan fingerprint density at radius 1 is 1.24 bits per heavy atom. The second kappa shape index (κ2) is 7.47. The van der Waals surface area contributed by atoms with Gasteiger partial charge in [0.15, 0.2) is 0 Å². The standard InChI is InChI=1S/C14H21N5O2/c15-12(20)5-6-16-14(21)18-10-11-3-4-13(17-9-11)19-7-1-2-8-19/h3-4,9H,1-2,5-8,10H2,(H2,15,20)(H2,16,18,21). The Kier molecular flexibility index (Phi) is 5.36. The van der Waals surface area contributed by atoms with Crippen LogP contribution in [0.15, 0.2) is 18.3 Å². The lowest BCUT2D eigenvalue weighted by Crippen LogP contribution is -2.36. The molecule has 3 amide bonds. The van der Waals surface area contributed by atoms with Crippen molar-refractivity contribution in [1.82, 2.24) is 15.6 Å². The summed E-state index contributed by atoms with van der Waals surface area (Å²) in [6.45, 7) is 2.77. The number of aromatic nitrogens is 1. The highest BCUT2D eigenvalue weighted by molar-refractivity contribution is 5.76. The van der Waals surface area contributed by atoms with Crippen LogP contribution < -0.4 is 21.3 Å². The number of pyridine rings is 1. The highest BCUT2D eigenvalue weighted by Gasteiger charge is 2.12. The molecule has 0 atom stereocenters. The van der Waals surface area contributed by atoms with E-state index in [4.69, 9.17) is 5.73 Å². The molecule has 1 aromatic rings. The van der Waals surface area contributed by atoms with E-state index in [2.05, 4.69) is 20.5 Å². The molecule has 0 saturated carbocycles. The topological polar surface area (TPSA) is 100 Å². The fourth-order valence-electron chi connectivity index (χ4n) is 2.20. The number of urea groups is 1. The van der Waals surface area contributed by atoms with Gasteiger partial charge in [-0.3, -0.25) is 4.79 Å². The maximum absolute atomic E-state index is 11.5. The van der Waals surface area contributed by atoms with Crippen LogP contribution in [0.1, 0.15) is 24.8 Å². The van der Waals surface area contributed by atoms with E-state index in [1.165, 1.54) is 12.8 Å². The van der Waals surface area contributed by atoms with E-state index in [0.29, 0.717) is 6.54 Å². The van der Waals surface area contributed by atoms with Crippen LogP contribution in [0.5, 0.6) is 0 Å². The van der Waals surface area contributed by atoms with Gasteiger partial charge >= 0.3 is 6.03 Å². The van der Waals surface area contributed by atoms with Crippen molar-refractivity contribution in [2.45, 2.75) is 25.8 Å². The van der Waals surface area contributed by atoms with Crippen LogP contribution in [-0.2, 0) is 11.3 Å². The molecule has 1 aliphatic rings. The molecule has 1 saturated heterocycles. The van der Waals surface area contributed by atoms with E-state index in [1.54, 1.807) is 6.20 Å². The van der Waals surface area contributed by atoms with E-state index in [9.17, 15) is 9.59 Å². The molecular weight excluding hydrogens is 270 g/mol. The Morgan fingerprint density at radius 2 is 2.00 bits per heavy atom. The van der Waals surface area contributed by atoms with E-state index in [0.717, 1.165) is 24.5 Å². The molecule has 21 heavy (non-hydrogen) atoms. The normalized spacial score (nSPS) is 14.0. The number of rotatable bonds is 6. The molecule has 2 rings (SSSR count). The number of nitrogens with one attached hydrogen (secondary N) is 2. The molecular formula is C14H21N5O2. The second-order valence-electron chi connectivity index (χ2n) is 5.04. The van der Waals surface area contributed by atoms with Gasteiger partial charge in [-0.05, 0) is 24.5 Å². The van der Waals surface area contributed by atoms with Gasteiger partial charge in [0.05, 0.1) is 0 Å². The van der Waals surface area contributed by atoms with Gasteiger partial charge in [-0.2, -0.15) is 0 Å². The summed E-state index contributed by atoms with van der Waals surface area (Å²) in [6.07, 6.45) is 4.35. The Labute approximate surface area is 123 Å². The molecule has 0 unspecified atom stereocenters. The van der Waals surface area contributed by atoms with E-state index < -0.39 is 5.91 Å². The quantitative estimate of drug-likeness (QED) is 0.704. The van der Waals surface area contributed by atoms with Gasteiger partial charge in [-0.1, -0.05) is 6.07 Å². The van der Waals surface area contributed by atoms with Crippen LogP contribution in [0, 0.1) is 0 Å². The third-order valence-electron chi connectivity index (χ3n) is 3.35. The number of hydrogen-bond acceptors (Lipinski definition) is 4. The summed E-state index contributed by atoms with van der Waals surface area (Å²) in [5.74, 6) is 0.555. The lowest BCUT2D eigenvalue weighted by Gasteiger charge is -2.16. The zero-order valence-corrected chi connectivity index (χ0v) is 12.0. The maximum atomic E-state index is 11.5. The first-order valence-corrected chi connectivity index (χ1v) is 7.15. The number of hydrogen-bond donors (Lipinski definition) is 3. The third kappa shape index (κ3) is 4.94. The minimum atomic E-state index is -0.433. The average Bonchev–Trinajstić information content (AvgIpc) is 2.99. The second-order valence-corrected chi connectivity index (χ2v) is 5.04. The zero-order valence-electron chi connectivity index (χ0n) is 12.0. The molecule has 7 heteroatoms. The number of primary amides is 1. The molecule has 0 aromatic carbocycles. The van der Waals surface area contributed by atoms with E-state index >= 15 is 0 Å². The lowest BCUT2D eigenvalue weighted by atomic mass is 10.3. The van der Waals surface area contributed by atoms with Crippen LogP contribution in [-0.4, -0.2) is 36.6 Å². The molecule has 0 aliphatic carbocycles. The molecule has 4 N–H and O–H groups in total. The Hall–Kier alpha value is -2.31. The van der Waals surface area contributed by atoms with Gasteiger partial charge in [-0.25, -0.2) is 9.78 Å². The van der Waals surface area contributed by atoms with Crippen molar-refractivity contribution < 1.29 is 9.59 Å². The monoisotopic (exact) mass is 291 g/mol. The van der Waals surface area contributed by atoms with Crippen molar-refractivity contribution in [3.63, 3.8) is 0 Å². The van der Waals surface area contributed by atoms with Crippen molar-refractivity contribution >= 4 is 17.8 Å². The first-order chi connectivity index (χ1) is 10.1. The van der Waals surface area contributed by atoms with Gasteiger partial charge in [0.1, 0.15) is 5.82 Å². The Morgan fingerprint density at radius 3 is 2.62 bits per heavy atom. The van der Waals surface area contributed by atoms with Crippen LogP contribution in [0.4, 0.5) is 10.6 Å². The number of nitrogens with two attached hydrogens (primary N) is 1. The zero-order chi connectivity index (χ0) is 15.1. The summed E-state index contributed by atoms with van der Waals surface area (Å²) < 4.78 is 0. The van der Waals surface area contributed by atoms with Crippen molar-refractivity contribution in [3.8, 4) is 0 Å². The molecule has 7 nitrogen and oxygen atoms in total. The minimum absolute atomic E-state index is 0.138. The minimum Gasteiger partial charge on any atom is -0.370 e. The molecule has 0 bridgehead atoms. The molecule has 114 valence electrons. The molecule has 1 fully saturated rings. The van der Waals surface area contributed by atoms with Crippen LogP contribution in [0.2, 0.25) is 0 Å². The lowest BCUT2D eigenvalue weighted by molar-refractivity contribution is -0.117. The largest absolute Gasteiger partial charge is 0.370 e. The molecule has 0 spiro atoms. The number of amides is 3. The van der Waals surface area contributed by atoms with Gasteiger partial charge in [0.2, 0.25) is 5.91 Å². The maximum Gasteiger partial charge on any atom is 0.315 e. The van der Waals surface area contributed by atoms with Crippen molar-refractivity contribution in [2.75, 3.05) is 24.5 Å². The first kappa shape index (κ1) is 15.1. The van der Waals surface area contributed by atoms with Gasteiger partial charge in [-0.15, -0.1) is 0 Å². The van der Waals surface area contributed by atoms with Crippen LogP contribution >= 0.6 is 0 Å². The van der Waals surface area contributed by atoms with Crippen LogP contribution in [0.3, 0.4) is 0 Å². The summed E-state index contributed by atoms with van der Waals surface area (Å²) in [6, 6.07) is 3.62. The van der Waals surface area contributed by atoms with E-state index in [1.807, 2.05) is 12.1 Å². The summed E-state index contributed by atoms with van der Waals surface area (Å²) in [5, 5.41) is 5.27. The van der Waals surface area contributed by atoms with Crippen LogP contribution in [0.25, 0.3) is 0 Å². The number of carbonyl (C=O) groups excluding carboxylic acids is 2. The molecule has 1 aliphatic heterocycles. The van der Waals surface area contributed by atoms with Crippen molar-refractivity contribution in [1.29, 1.82) is 0 Å². The first-order valence-electron chi connectivity index (χ1n) is 7.15. The van der Waals surface area contributed by atoms with Gasteiger partial charge < -0.3 is 21.3 Å². The summed E-state index contributed by atoms with van der Waals surface area (Å²) in [5.41, 5.74) is 5.92. The third-order valence-corrected chi connectivity index (χ3v) is 3.35. The summed E-state index contributed by atoms with van der Waals surface area (Å²) >= 11 is 0. The SMILES string of the molecule is NC(=O)CCNC(=O)NCc1ccc(N2CCCC2)nc1. The van der Waals surface area contributed by atoms with Gasteiger partial charge in [0.25, 0.3) is 0 Å². The Bertz CT molecular complexity index is 483. The summed E-state index contributed by atoms with van der Waals surface area (Å²) in [7, 11) is 0. The number of carbonyl (C=O) groups is 2. The molecule has 0 radical (unpaired) electrons. The predicted molar refractivity (Wildman–Crippen MR) is 79.7 cm³/mol. The Balaban J connectivity index is 1.73. The highest BCUT2D eigenvalue weighted by atomic mass is 16.2. The average molecular weight is 291 g/mol. The van der Waals surface area contributed by atoms with Crippen molar-refractivity contribution in [3.05, 3.63) is 23.9 Å². The van der Waals surface area contributed by atoms with Crippen molar-refractivity contribution in [2.24, 2.45) is 5.73 Å². The predicted octanol–water partition coefficient (Wildman–Crippen LogP) is 0.356. The highest BCUT2D eigenvalue weighted by Crippen LogP contribution is 2.17. The fraction of sp³-hybridized carbons (Fsp3) is 0.500. The molecule has 1 aromatic heterocycles. The molecule has 2 heterocycles. The smallest absolute Gasteiger partial charge is 0.315 e. The van der Waals surface area contributed by atoms with Gasteiger partial charge in [0, 0.05) is 38.8 Å². The number of anilines is 1. The van der Waals surface area contributed by atoms with E-state index in [-0.39, 0.29) is 19.0 Å². The fourth-order valence-corrected chi connectivity index (χ4v) is 2.20. The number of nitrogens with zero attached hydrogens (tertiary/aromatic N) is 2. The summed E-state index contributed by atoms with van der Waals surface area (Å²) in [4.78, 5) is 28.7.